The van der Waals surface area contributed by atoms with E-state index in [0.29, 0.717) is 5.88 Å². The minimum Gasteiger partial charge on any atom is -0.353 e. The van der Waals surface area contributed by atoms with E-state index in [1.807, 2.05) is 5.38 Å². The molecule has 0 saturated carbocycles. The number of aromatic nitrogens is 1. The highest BCUT2D eigenvalue weighted by Gasteiger charge is 1.86. The highest BCUT2D eigenvalue weighted by atomic mass is 32.1. The predicted molar refractivity (Wildman–Crippen MR) is 39.6 cm³/mol. The third-order valence-corrected chi connectivity index (χ3v) is 1.55. The molecule has 1 rings (SSSR count). The Balaban J connectivity index is 2.50. The molecule has 1 heterocycles. The van der Waals surface area contributed by atoms with Gasteiger partial charge in [0, 0.05) is 11.6 Å². The Hall–Kier alpha value is -0.220. The van der Waals surface area contributed by atoms with Gasteiger partial charge in [-0.15, -0.1) is 11.3 Å². The first-order valence-corrected chi connectivity index (χ1v) is 3.69. The van der Waals surface area contributed by atoms with E-state index in [2.05, 4.69) is 22.9 Å². The first-order chi connectivity index (χ1) is 3.93. The van der Waals surface area contributed by atoms with Gasteiger partial charge >= 0.3 is 0 Å². The smallest absolute Gasteiger partial charge is 0.183 e. The fraction of sp³-hybridized carbons (Fsp3) is 0.250. The van der Waals surface area contributed by atoms with Crippen LogP contribution in [0.5, 0.6) is 0 Å². The van der Waals surface area contributed by atoms with Gasteiger partial charge in [-0.2, -0.15) is 12.6 Å². The fourth-order valence-electron chi connectivity index (χ4n) is 0.378. The molecule has 44 valence electrons. The molecule has 0 aliphatic rings. The number of thiazole rings is 1. The second-order valence-electron chi connectivity index (χ2n) is 1.17. The molecule has 0 saturated heterocycles. The molecule has 1 aromatic heterocycles. The van der Waals surface area contributed by atoms with E-state index in [0.717, 1.165) is 5.13 Å². The zero-order valence-corrected chi connectivity index (χ0v) is 5.88. The maximum Gasteiger partial charge on any atom is 0.183 e. The monoisotopic (exact) mass is 146 g/mol. The minimum absolute atomic E-state index is 0.646. The number of nitrogens with zero attached hydrogens (tertiary/aromatic N) is 1. The van der Waals surface area contributed by atoms with Crippen molar-refractivity contribution >= 4 is 29.1 Å². The summed E-state index contributed by atoms with van der Waals surface area (Å²) >= 11 is 5.54. The number of anilines is 1. The largest absolute Gasteiger partial charge is 0.353 e. The van der Waals surface area contributed by atoms with E-state index in [1.54, 1.807) is 17.5 Å². The van der Waals surface area contributed by atoms with Gasteiger partial charge in [0.1, 0.15) is 0 Å². The summed E-state index contributed by atoms with van der Waals surface area (Å²) in [5, 5.41) is 5.81. The van der Waals surface area contributed by atoms with Crippen LogP contribution in [0.15, 0.2) is 11.6 Å². The topological polar surface area (TPSA) is 24.9 Å². The Morgan fingerprint density at radius 3 is 3.25 bits per heavy atom. The number of nitrogens with one attached hydrogen (secondary N) is 1. The van der Waals surface area contributed by atoms with Gasteiger partial charge in [-0.1, -0.05) is 0 Å². The summed E-state index contributed by atoms with van der Waals surface area (Å²) in [7, 11) is 0. The van der Waals surface area contributed by atoms with Crippen LogP contribution in [0, 0.1) is 0 Å². The van der Waals surface area contributed by atoms with Crippen molar-refractivity contribution in [1.82, 2.24) is 4.98 Å². The summed E-state index contributed by atoms with van der Waals surface area (Å²) in [5.41, 5.74) is 0. The first-order valence-electron chi connectivity index (χ1n) is 2.17. The lowest BCUT2D eigenvalue weighted by atomic mass is 11.0. The van der Waals surface area contributed by atoms with Crippen LogP contribution in [-0.4, -0.2) is 10.9 Å². The Morgan fingerprint density at radius 1 is 1.88 bits per heavy atom. The lowest BCUT2D eigenvalue weighted by Crippen LogP contribution is -1.91. The van der Waals surface area contributed by atoms with Crippen LogP contribution in [-0.2, 0) is 0 Å². The van der Waals surface area contributed by atoms with Crippen molar-refractivity contribution in [2.45, 2.75) is 0 Å². The highest BCUT2D eigenvalue weighted by molar-refractivity contribution is 7.80. The van der Waals surface area contributed by atoms with Gasteiger partial charge in [-0.3, -0.25) is 0 Å². The molecule has 0 spiro atoms. The average molecular weight is 146 g/mol. The van der Waals surface area contributed by atoms with Crippen LogP contribution in [0.3, 0.4) is 0 Å². The second-order valence-corrected chi connectivity index (χ2v) is 2.38. The molecule has 2 nitrogen and oxygen atoms in total. The molecule has 0 amide bonds. The molecule has 0 radical (unpaired) electrons. The van der Waals surface area contributed by atoms with Gasteiger partial charge in [0.25, 0.3) is 0 Å². The van der Waals surface area contributed by atoms with Crippen molar-refractivity contribution in [3.05, 3.63) is 11.6 Å². The Kier molecular flexibility index (Phi) is 2.17. The Labute approximate surface area is 57.4 Å². The summed E-state index contributed by atoms with van der Waals surface area (Å²) in [6, 6.07) is 0. The molecule has 0 aromatic carbocycles. The van der Waals surface area contributed by atoms with Crippen molar-refractivity contribution in [3.63, 3.8) is 0 Å². The van der Waals surface area contributed by atoms with Crippen molar-refractivity contribution in [2.75, 3.05) is 11.2 Å². The van der Waals surface area contributed by atoms with E-state index < -0.39 is 0 Å². The molecule has 1 N–H and O–H groups in total. The zero-order chi connectivity index (χ0) is 5.82. The summed E-state index contributed by atoms with van der Waals surface area (Å²) < 4.78 is 0. The molecule has 1 aromatic rings. The number of hydrogen-bond donors (Lipinski definition) is 2. The van der Waals surface area contributed by atoms with Gasteiger partial charge in [0.15, 0.2) is 5.13 Å². The first kappa shape index (κ1) is 5.91. The minimum atomic E-state index is 0.646. The van der Waals surface area contributed by atoms with Crippen molar-refractivity contribution in [2.24, 2.45) is 0 Å². The second kappa shape index (κ2) is 2.94. The highest BCUT2D eigenvalue weighted by Crippen LogP contribution is 2.09. The summed E-state index contributed by atoms with van der Waals surface area (Å²) in [6.45, 7) is 0. The fourth-order valence-corrected chi connectivity index (χ4v) is 1.16. The Bertz CT molecular complexity index is 138. The van der Waals surface area contributed by atoms with E-state index in [-0.39, 0.29) is 0 Å². The molecule has 0 fully saturated rings. The number of hydrogen-bond acceptors (Lipinski definition) is 4. The summed E-state index contributed by atoms with van der Waals surface area (Å²) in [6.07, 6.45) is 1.76. The van der Waals surface area contributed by atoms with E-state index >= 15 is 0 Å². The quantitative estimate of drug-likeness (QED) is 0.487. The molecule has 0 unspecified atom stereocenters. The lowest BCUT2D eigenvalue weighted by molar-refractivity contribution is 1.35. The predicted octanol–water partition coefficient (Wildman–Crippen LogP) is 1.44. The molecule has 8 heavy (non-hydrogen) atoms. The van der Waals surface area contributed by atoms with Crippen LogP contribution in [0.1, 0.15) is 0 Å². The standard InChI is InChI=1S/C4H6N2S2/c7-3-6-4-5-1-2-8-4/h1-2,7H,3H2,(H,5,6). The van der Waals surface area contributed by atoms with Gasteiger partial charge < -0.3 is 5.32 Å². The maximum atomic E-state index is 3.96. The molecular weight excluding hydrogens is 140 g/mol. The molecular formula is C4H6N2S2. The van der Waals surface area contributed by atoms with Crippen LogP contribution < -0.4 is 5.32 Å². The number of thiol groups is 1. The maximum absolute atomic E-state index is 3.96. The van der Waals surface area contributed by atoms with Crippen LogP contribution in [0.4, 0.5) is 5.13 Å². The summed E-state index contributed by atoms with van der Waals surface area (Å²) in [4.78, 5) is 3.96. The average Bonchev–Trinajstić information content (AvgIpc) is 2.19. The van der Waals surface area contributed by atoms with E-state index in [1.165, 1.54) is 0 Å². The SMILES string of the molecule is SCNc1nccs1. The van der Waals surface area contributed by atoms with Crippen molar-refractivity contribution < 1.29 is 0 Å². The van der Waals surface area contributed by atoms with Gasteiger partial charge in [0.2, 0.25) is 0 Å². The van der Waals surface area contributed by atoms with Crippen LogP contribution in [0.2, 0.25) is 0 Å². The van der Waals surface area contributed by atoms with E-state index in [9.17, 15) is 0 Å². The third-order valence-electron chi connectivity index (χ3n) is 0.663. The zero-order valence-electron chi connectivity index (χ0n) is 4.16. The molecule has 0 atom stereocenters. The van der Waals surface area contributed by atoms with Crippen LogP contribution >= 0.6 is 24.0 Å². The third kappa shape index (κ3) is 1.38. The van der Waals surface area contributed by atoms with Crippen LogP contribution in [0.25, 0.3) is 0 Å². The Morgan fingerprint density at radius 2 is 2.75 bits per heavy atom. The van der Waals surface area contributed by atoms with Gasteiger partial charge in [-0.25, -0.2) is 4.98 Å². The molecule has 4 heteroatoms. The van der Waals surface area contributed by atoms with Gasteiger partial charge in [0.05, 0.1) is 5.88 Å². The summed E-state index contributed by atoms with van der Waals surface area (Å²) in [5.74, 6) is 0.646. The van der Waals surface area contributed by atoms with Crippen molar-refractivity contribution in [1.29, 1.82) is 0 Å². The molecule has 0 aliphatic carbocycles. The lowest BCUT2D eigenvalue weighted by Gasteiger charge is -1.91. The van der Waals surface area contributed by atoms with Crippen molar-refractivity contribution in [3.8, 4) is 0 Å². The van der Waals surface area contributed by atoms with Gasteiger partial charge in [-0.05, 0) is 0 Å². The molecule has 0 aliphatic heterocycles. The number of rotatable bonds is 2. The molecule has 0 bridgehead atoms. The normalized spacial score (nSPS) is 9.12. The van der Waals surface area contributed by atoms with E-state index in [4.69, 9.17) is 0 Å².